The van der Waals surface area contributed by atoms with Crippen molar-refractivity contribution in [1.29, 1.82) is 0 Å². The Hall–Kier alpha value is -3.20. The summed E-state index contributed by atoms with van der Waals surface area (Å²) in [6.07, 6.45) is -0.327. The smallest absolute Gasteiger partial charge is 0.237 e. The third kappa shape index (κ3) is 5.73. The summed E-state index contributed by atoms with van der Waals surface area (Å²) < 4.78 is 18.4. The lowest BCUT2D eigenvalue weighted by Gasteiger charge is -2.17. The number of carbonyl (C=O) groups is 1. The van der Waals surface area contributed by atoms with Crippen LogP contribution < -0.4 is 19.5 Å². The zero-order valence-corrected chi connectivity index (χ0v) is 19.7. The van der Waals surface area contributed by atoms with Gasteiger partial charge in [-0.15, -0.1) is 10.2 Å². The van der Waals surface area contributed by atoms with Gasteiger partial charge in [-0.25, -0.2) is 0 Å². The van der Waals surface area contributed by atoms with Crippen LogP contribution in [0.15, 0.2) is 53.7 Å². The van der Waals surface area contributed by atoms with Gasteiger partial charge in [0.05, 0.1) is 19.5 Å². The van der Waals surface area contributed by atoms with Crippen LogP contribution >= 0.6 is 11.8 Å². The maximum atomic E-state index is 12.7. The summed E-state index contributed by atoms with van der Waals surface area (Å²) in [5, 5.41) is 11.9. The highest BCUT2D eigenvalue weighted by Crippen LogP contribution is 2.28. The predicted molar refractivity (Wildman–Crippen MR) is 125 cm³/mol. The van der Waals surface area contributed by atoms with Crippen LogP contribution in [0.3, 0.4) is 0 Å². The lowest BCUT2D eigenvalue weighted by Crippen LogP contribution is -2.23. The molecule has 1 aromatic heterocycles. The molecule has 0 radical (unpaired) electrons. The molecule has 0 aliphatic carbocycles. The summed E-state index contributed by atoms with van der Waals surface area (Å²) >= 11 is 1.36. The van der Waals surface area contributed by atoms with Crippen molar-refractivity contribution in [2.45, 2.75) is 43.8 Å². The van der Waals surface area contributed by atoms with Crippen molar-refractivity contribution in [1.82, 2.24) is 14.8 Å². The van der Waals surface area contributed by atoms with Crippen LogP contribution in [0.25, 0.3) is 0 Å². The first kappa shape index (κ1) is 23.5. The number of hydrogen-bond donors (Lipinski definition) is 1. The molecular formula is C23H28N4O4S. The van der Waals surface area contributed by atoms with Crippen molar-refractivity contribution < 1.29 is 19.0 Å². The number of benzene rings is 2. The van der Waals surface area contributed by atoms with Crippen LogP contribution in [0.1, 0.15) is 32.7 Å². The van der Waals surface area contributed by atoms with E-state index in [1.165, 1.54) is 11.8 Å². The second-order valence-corrected chi connectivity index (χ2v) is 8.31. The average molecular weight is 457 g/mol. The number of rotatable bonds is 10. The van der Waals surface area contributed by atoms with Crippen molar-refractivity contribution in [3.05, 3.63) is 54.4 Å². The summed E-state index contributed by atoms with van der Waals surface area (Å²) in [7, 11) is 3.22. The van der Waals surface area contributed by atoms with Crippen molar-refractivity contribution in [2.75, 3.05) is 19.5 Å². The molecule has 0 bridgehead atoms. The van der Waals surface area contributed by atoms with Gasteiger partial charge < -0.3 is 24.1 Å². The molecule has 2 atom stereocenters. The van der Waals surface area contributed by atoms with Crippen LogP contribution in [0.4, 0.5) is 5.69 Å². The lowest BCUT2D eigenvalue weighted by atomic mass is 10.3. The zero-order valence-electron chi connectivity index (χ0n) is 18.9. The third-order valence-electron chi connectivity index (χ3n) is 4.79. The summed E-state index contributed by atoms with van der Waals surface area (Å²) in [5.41, 5.74) is 0.709. The van der Waals surface area contributed by atoms with Gasteiger partial charge in [0.2, 0.25) is 5.91 Å². The molecule has 0 aliphatic rings. The first-order chi connectivity index (χ1) is 15.4. The number of carbonyl (C=O) groups excluding carboxylic acids is 1. The monoisotopic (exact) mass is 456 g/mol. The molecule has 0 fully saturated rings. The van der Waals surface area contributed by atoms with Crippen LogP contribution in [-0.2, 0) is 11.3 Å². The highest BCUT2D eigenvalue weighted by Gasteiger charge is 2.23. The molecule has 2 aromatic carbocycles. The number of hydrogen-bond acceptors (Lipinski definition) is 7. The number of amides is 1. The molecule has 1 amide bonds. The van der Waals surface area contributed by atoms with Crippen LogP contribution in [0, 0.1) is 0 Å². The van der Waals surface area contributed by atoms with Crippen LogP contribution in [0.5, 0.6) is 17.2 Å². The van der Waals surface area contributed by atoms with Gasteiger partial charge in [-0.1, -0.05) is 17.8 Å². The first-order valence-corrected chi connectivity index (χ1v) is 11.2. The SMILES string of the molecule is CCn1c(SC(C)C(=O)Nc2ccc(OC)cc2)nnc1C(C)Oc1cccc(OC)c1. The summed E-state index contributed by atoms with van der Waals surface area (Å²) in [6, 6.07) is 14.6. The minimum atomic E-state index is -0.367. The normalized spacial score (nSPS) is 12.7. The van der Waals surface area contributed by atoms with Gasteiger partial charge in [0, 0.05) is 18.3 Å². The van der Waals surface area contributed by atoms with Crippen molar-refractivity contribution in [3.8, 4) is 17.2 Å². The van der Waals surface area contributed by atoms with E-state index in [-0.39, 0.29) is 17.3 Å². The van der Waals surface area contributed by atoms with Crippen molar-refractivity contribution >= 4 is 23.4 Å². The van der Waals surface area contributed by atoms with Gasteiger partial charge >= 0.3 is 0 Å². The highest BCUT2D eigenvalue weighted by molar-refractivity contribution is 8.00. The molecular weight excluding hydrogens is 428 g/mol. The Morgan fingerprint density at radius 3 is 2.38 bits per heavy atom. The number of anilines is 1. The Kier molecular flexibility index (Phi) is 7.99. The standard InChI is InChI=1S/C23H28N4O4S/c1-6-27-21(15(2)31-20-9-7-8-19(14-20)30-5)25-26-23(27)32-16(3)22(28)24-17-10-12-18(29-4)13-11-17/h7-16H,6H2,1-5H3,(H,24,28). The topological polar surface area (TPSA) is 87.5 Å². The van der Waals surface area contributed by atoms with Crippen molar-refractivity contribution in [3.63, 3.8) is 0 Å². The van der Waals surface area contributed by atoms with Crippen LogP contribution in [-0.4, -0.2) is 40.1 Å². The number of aromatic nitrogens is 3. The maximum Gasteiger partial charge on any atom is 0.237 e. The quantitative estimate of drug-likeness (QED) is 0.447. The number of ether oxygens (including phenoxy) is 3. The average Bonchev–Trinajstić information content (AvgIpc) is 3.22. The molecule has 1 heterocycles. The number of methoxy groups -OCH3 is 2. The van der Waals surface area contributed by atoms with E-state index in [0.29, 0.717) is 29.0 Å². The molecule has 1 N–H and O–H groups in total. The highest BCUT2D eigenvalue weighted by atomic mass is 32.2. The van der Waals surface area contributed by atoms with E-state index in [4.69, 9.17) is 14.2 Å². The van der Waals surface area contributed by atoms with E-state index < -0.39 is 0 Å². The fourth-order valence-electron chi connectivity index (χ4n) is 3.05. The molecule has 0 saturated heterocycles. The first-order valence-electron chi connectivity index (χ1n) is 10.3. The molecule has 0 saturated carbocycles. The summed E-state index contributed by atoms with van der Waals surface area (Å²) in [4.78, 5) is 12.7. The molecule has 8 nitrogen and oxygen atoms in total. The minimum Gasteiger partial charge on any atom is -0.497 e. The Morgan fingerprint density at radius 2 is 1.72 bits per heavy atom. The molecule has 3 rings (SSSR count). The second kappa shape index (κ2) is 10.9. The molecule has 3 aromatic rings. The van der Waals surface area contributed by atoms with Gasteiger partial charge in [0.25, 0.3) is 0 Å². The van der Waals surface area contributed by atoms with Crippen LogP contribution in [0.2, 0.25) is 0 Å². The van der Waals surface area contributed by atoms with E-state index in [1.54, 1.807) is 38.5 Å². The molecule has 0 aliphatic heterocycles. The number of thioether (sulfide) groups is 1. The van der Waals surface area contributed by atoms with Gasteiger partial charge in [-0.05, 0) is 57.2 Å². The zero-order chi connectivity index (χ0) is 23.1. The van der Waals surface area contributed by atoms with Gasteiger partial charge in [-0.2, -0.15) is 0 Å². The second-order valence-electron chi connectivity index (χ2n) is 7.00. The van der Waals surface area contributed by atoms with Gasteiger partial charge in [0.1, 0.15) is 17.2 Å². The van der Waals surface area contributed by atoms with Gasteiger partial charge in [0.15, 0.2) is 17.1 Å². The fraction of sp³-hybridized carbons (Fsp3) is 0.348. The Bertz CT molecular complexity index is 1040. The van der Waals surface area contributed by atoms with E-state index in [9.17, 15) is 4.79 Å². The predicted octanol–water partition coefficient (Wildman–Crippen LogP) is 4.57. The van der Waals surface area contributed by atoms with E-state index in [1.807, 2.05) is 49.6 Å². The summed E-state index contributed by atoms with van der Waals surface area (Å²) in [5.74, 6) is 2.72. The Morgan fingerprint density at radius 1 is 1.03 bits per heavy atom. The van der Waals surface area contributed by atoms with Gasteiger partial charge in [-0.3, -0.25) is 4.79 Å². The van der Waals surface area contributed by atoms with E-state index in [2.05, 4.69) is 15.5 Å². The van der Waals surface area contributed by atoms with E-state index >= 15 is 0 Å². The number of nitrogens with one attached hydrogen (secondary N) is 1. The maximum absolute atomic E-state index is 12.7. The Labute approximate surface area is 192 Å². The largest absolute Gasteiger partial charge is 0.497 e. The van der Waals surface area contributed by atoms with E-state index in [0.717, 1.165) is 11.5 Å². The summed E-state index contributed by atoms with van der Waals surface area (Å²) in [6.45, 7) is 6.43. The molecule has 170 valence electrons. The van der Waals surface area contributed by atoms with Crippen molar-refractivity contribution in [2.24, 2.45) is 0 Å². The molecule has 9 heteroatoms. The Balaban J connectivity index is 1.66. The minimum absolute atomic E-state index is 0.118. The molecule has 2 unspecified atom stereocenters. The third-order valence-corrected chi connectivity index (χ3v) is 5.87. The lowest BCUT2D eigenvalue weighted by molar-refractivity contribution is -0.115. The fourth-order valence-corrected chi connectivity index (χ4v) is 3.97. The molecule has 32 heavy (non-hydrogen) atoms. The number of nitrogens with zero attached hydrogens (tertiary/aromatic N) is 3. The molecule has 0 spiro atoms.